The van der Waals surface area contributed by atoms with Crippen molar-refractivity contribution in [2.75, 3.05) is 6.61 Å². The molecule has 0 saturated heterocycles. The summed E-state index contributed by atoms with van der Waals surface area (Å²) in [6, 6.07) is 4.16. The molecule has 0 fully saturated rings. The van der Waals surface area contributed by atoms with Gasteiger partial charge in [0, 0.05) is 6.42 Å². The number of carboxylic acids is 1. The Morgan fingerprint density at radius 2 is 2.00 bits per heavy atom. The highest BCUT2D eigenvalue weighted by Crippen LogP contribution is 2.24. The zero-order chi connectivity index (χ0) is 15.6. The minimum absolute atomic E-state index is 0.313. The highest BCUT2D eigenvalue weighted by molar-refractivity contribution is 7.13. The van der Waals surface area contributed by atoms with Crippen molar-refractivity contribution in [1.82, 2.24) is 4.98 Å². The van der Waals surface area contributed by atoms with E-state index in [0.717, 1.165) is 16.3 Å². The molecule has 1 N–H and O–H groups in total. The molecule has 5 heteroatoms. The molecule has 1 heterocycles. The van der Waals surface area contributed by atoms with Gasteiger partial charge in [0.15, 0.2) is 0 Å². The number of benzene rings is 1. The molecule has 1 aromatic carbocycles. The summed E-state index contributed by atoms with van der Waals surface area (Å²) in [6.45, 7) is 8.37. The van der Waals surface area contributed by atoms with Gasteiger partial charge in [0.2, 0.25) is 0 Å². The smallest absolute Gasteiger partial charge is 0.347 e. The number of thiazole rings is 1. The molecular formula is C16H19NO3S. The number of hydrogen-bond acceptors (Lipinski definition) is 4. The Hall–Kier alpha value is -1.88. The molecule has 2 aromatic rings. The molecule has 4 nitrogen and oxygen atoms in total. The molecule has 0 aliphatic heterocycles. The first kappa shape index (κ1) is 15.5. The number of ether oxygens (including phenoxy) is 1. The van der Waals surface area contributed by atoms with Gasteiger partial charge in [-0.1, -0.05) is 6.07 Å². The number of nitrogens with zero attached hydrogens (tertiary/aromatic N) is 1. The Kier molecular flexibility index (Phi) is 4.63. The van der Waals surface area contributed by atoms with E-state index in [1.54, 1.807) is 6.92 Å². The Labute approximate surface area is 128 Å². The van der Waals surface area contributed by atoms with Crippen LogP contribution in [0.25, 0.3) is 0 Å². The number of rotatable bonds is 5. The lowest BCUT2D eigenvalue weighted by molar-refractivity contribution is 0.0701. The van der Waals surface area contributed by atoms with Gasteiger partial charge in [-0.05, 0) is 50.5 Å². The number of aromatic carboxylic acids is 1. The molecule has 0 unspecified atom stereocenters. The second kappa shape index (κ2) is 6.26. The summed E-state index contributed by atoms with van der Waals surface area (Å²) < 4.78 is 5.83. The van der Waals surface area contributed by atoms with E-state index in [0.29, 0.717) is 23.6 Å². The number of carbonyl (C=O) groups is 1. The van der Waals surface area contributed by atoms with Gasteiger partial charge in [-0.3, -0.25) is 0 Å². The second-order valence-electron chi connectivity index (χ2n) is 5.13. The minimum Gasteiger partial charge on any atom is -0.493 e. The largest absolute Gasteiger partial charge is 0.493 e. The van der Waals surface area contributed by atoms with Crippen molar-refractivity contribution in [3.63, 3.8) is 0 Å². The third-order valence-corrected chi connectivity index (χ3v) is 4.58. The molecule has 2 rings (SSSR count). The highest BCUT2D eigenvalue weighted by atomic mass is 32.1. The lowest BCUT2D eigenvalue weighted by atomic mass is 10.1. The highest BCUT2D eigenvalue weighted by Gasteiger charge is 2.14. The third-order valence-electron chi connectivity index (χ3n) is 3.37. The topological polar surface area (TPSA) is 59.4 Å². The van der Waals surface area contributed by atoms with Gasteiger partial charge in [-0.25, -0.2) is 9.78 Å². The lowest BCUT2D eigenvalue weighted by Crippen LogP contribution is -2.03. The average Bonchev–Trinajstić information content (AvgIpc) is 2.76. The number of carboxylic acid groups (broad SMARTS) is 1. The molecule has 0 atom stereocenters. The Morgan fingerprint density at radius 3 is 2.62 bits per heavy atom. The van der Waals surface area contributed by atoms with Gasteiger partial charge in [0.25, 0.3) is 0 Å². The van der Waals surface area contributed by atoms with Crippen LogP contribution in [0.3, 0.4) is 0 Å². The molecule has 0 amide bonds. The van der Waals surface area contributed by atoms with Crippen molar-refractivity contribution in [2.24, 2.45) is 0 Å². The summed E-state index contributed by atoms with van der Waals surface area (Å²) >= 11 is 1.22. The summed E-state index contributed by atoms with van der Waals surface area (Å²) in [7, 11) is 0. The first-order chi connectivity index (χ1) is 9.88. The van der Waals surface area contributed by atoms with Crippen molar-refractivity contribution in [2.45, 2.75) is 34.1 Å². The van der Waals surface area contributed by atoms with E-state index in [4.69, 9.17) is 9.84 Å². The molecule has 0 aliphatic carbocycles. The number of hydrogen-bond donors (Lipinski definition) is 1. The van der Waals surface area contributed by atoms with Crippen LogP contribution in [0.5, 0.6) is 5.75 Å². The van der Waals surface area contributed by atoms with E-state index >= 15 is 0 Å². The van der Waals surface area contributed by atoms with Crippen molar-refractivity contribution < 1.29 is 14.6 Å². The van der Waals surface area contributed by atoms with Gasteiger partial charge < -0.3 is 9.84 Å². The molecule has 0 aliphatic rings. The SMILES string of the molecule is Cc1cc(C)c(C)c(OCCc2nc(C)c(C(=O)O)s2)c1. The Bertz CT molecular complexity index is 676. The summed E-state index contributed by atoms with van der Waals surface area (Å²) in [5.41, 5.74) is 4.10. The van der Waals surface area contributed by atoms with Crippen LogP contribution in [0, 0.1) is 27.7 Å². The average molecular weight is 305 g/mol. The van der Waals surface area contributed by atoms with Gasteiger partial charge in [0.05, 0.1) is 17.3 Å². The van der Waals surface area contributed by atoms with Crippen LogP contribution in [-0.2, 0) is 6.42 Å². The third kappa shape index (κ3) is 3.61. The summed E-state index contributed by atoms with van der Waals surface area (Å²) in [5.74, 6) is -0.0263. The normalized spacial score (nSPS) is 10.7. The van der Waals surface area contributed by atoms with Gasteiger partial charge in [-0.2, -0.15) is 0 Å². The van der Waals surface area contributed by atoms with E-state index in [2.05, 4.69) is 18.0 Å². The van der Waals surface area contributed by atoms with E-state index < -0.39 is 5.97 Å². The van der Waals surface area contributed by atoms with Crippen molar-refractivity contribution in [3.8, 4) is 5.75 Å². The maximum Gasteiger partial charge on any atom is 0.347 e. The van der Waals surface area contributed by atoms with Crippen molar-refractivity contribution >= 4 is 17.3 Å². The van der Waals surface area contributed by atoms with Crippen LogP contribution in [-0.4, -0.2) is 22.7 Å². The Morgan fingerprint density at radius 1 is 1.29 bits per heavy atom. The summed E-state index contributed by atoms with van der Waals surface area (Å²) in [4.78, 5) is 15.6. The van der Waals surface area contributed by atoms with Crippen LogP contribution >= 0.6 is 11.3 Å². The van der Waals surface area contributed by atoms with E-state index in [1.165, 1.54) is 22.5 Å². The lowest BCUT2D eigenvalue weighted by Gasteiger charge is -2.11. The molecule has 0 spiro atoms. The zero-order valence-corrected chi connectivity index (χ0v) is 13.5. The monoisotopic (exact) mass is 305 g/mol. The predicted octanol–water partition coefficient (Wildman–Crippen LogP) is 3.70. The van der Waals surface area contributed by atoms with E-state index in [9.17, 15) is 4.79 Å². The molecular weight excluding hydrogens is 286 g/mol. The predicted molar refractivity (Wildman–Crippen MR) is 83.7 cm³/mol. The van der Waals surface area contributed by atoms with Gasteiger partial charge in [0.1, 0.15) is 10.6 Å². The molecule has 0 radical (unpaired) electrons. The maximum atomic E-state index is 11.0. The quantitative estimate of drug-likeness (QED) is 0.915. The minimum atomic E-state index is -0.915. The first-order valence-corrected chi connectivity index (χ1v) is 7.60. The van der Waals surface area contributed by atoms with Crippen LogP contribution < -0.4 is 4.74 Å². The molecule has 0 saturated carbocycles. The first-order valence-electron chi connectivity index (χ1n) is 6.78. The molecule has 0 bridgehead atoms. The van der Waals surface area contributed by atoms with Crippen molar-refractivity contribution in [3.05, 3.63) is 44.4 Å². The van der Waals surface area contributed by atoms with Crippen LogP contribution in [0.15, 0.2) is 12.1 Å². The standard InChI is InChI=1S/C16H19NO3S/c1-9-7-10(2)11(3)13(8-9)20-6-5-14-17-12(4)15(21-14)16(18)19/h7-8H,5-6H2,1-4H3,(H,18,19). The fourth-order valence-corrected chi connectivity index (χ4v) is 3.04. The fourth-order valence-electron chi connectivity index (χ4n) is 2.16. The Balaban J connectivity index is 2.02. The summed E-state index contributed by atoms with van der Waals surface area (Å²) in [6.07, 6.45) is 0.616. The van der Waals surface area contributed by atoms with Crippen LogP contribution in [0.2, 0.25) is 0 Å². The number of aryl methyl sites for hydroxylation is 3. The van der Waals surface area contributed by atoms with E-state index in [-0.39, 0.29) is 0 Å². The van der Waals surface area contributed by atoms with Crippen molar-refractivity contribution in [1.29, 1.82) is 0 Å². The molecule has 21 heavy (non-hydrogen) atoms. The summed E-state index contributed by atoms with van der Waals surface area (Å²) in [5, 5.41) is 9.82. The number of aromatic nitrogens is 1. The molecule has 112 valence electrons. The second-order valence-corrected chi connectivity index (χ2v) is 6.21. The van der Waals surface area contributed by atoms with Crippen LogP contribution in [0.4, 0.5) is 0 Å². The zero-order valence-electron chi connectivity index (χ0n) is 12.7. The van der Waals surface area contributed by atoms with Gasteiger partial charge in [-0.15, -0.1) is 11.3 Å². The fraction of sp³-hybridized carbons (Fsp3) is 0.375. The van der Waals surface area contributed by atoms with Crippen LogP contribution in [0.1, 0.15) is 37.1 Å². The van der Waals surface area contributed by atoms with Gasteiger partial charge >= 0.3 is 5.97 Å². The molecule has 1 aromatic heterocycles. The van der Waals surface area contributed by atoms with E-state index in [1.807, 2.05) is 19.9 Å². The maximum absolute atomic E-state index is 11.0.